The van der Waals surface area contributed by atoms with Gasteiger partial charge in [-0.15, -0.1) is 0 Å². The zero-order valence-corrected chi connectivity index (χ0v) is 18.0. The van der Waals surface area contributed by atoms with Crippen molar-refractivity contribution in [3.05, 3.63) is 64.8 Å². The van der Waals surface area contributed by atoms with Crippen LogP contribution >= 0.6 is 0 Å². The lowest BCUT2D eigenvalue weighted by molar-refractivity contribution is -0.123. The monoisotopic (exact) mass is 423 g/mol. The van der Waals surface area contributed by atoms with Crippen molar-refractivity contribution in [3.8, 4) is 0 Å². The van der Waals surface area contributed by atoms with E-state index in [1.807, 2.05) is 38.1 Å². The van der Waals surface area contributed by atoms with E-state index in [0.717, 1.165) is 22.4 Å². The summed E-state index contributed by atoms with van der Waals surface area (Å²) in [6.07, 6.45) is 3.19. The number of aliphatic hydroxyl groups excluding tert-OH is 1. The highest BCUT2D eigenvalue weighted by atomic mass is 16.5. The summed E-state index contributed by atoms with van der Waals surface area (Å²) in [6.45, 7) is 7.76. The molecule has 1 N–H and O–H groups in total. The molecule has 9 heteroatoms. The standard InChI is InChI=1S/C22H25N5O4/c1-14-19(15(2)31-24-14)12-25-11-18(9-23-25)27-20(29)22(3,4)26(21(27)30)10-16-6-5-7-17(8-16)13-28/h5-9,11,28H,10,12-13H2,1-4H3. The molecule has 3 heterocycles. The van der Waals surface area contributed by atoms with Crippen LogP contribution in [0.5, 0.6) is 0 Å². The molecule has 1 aliphatic heterocycles. The number of aryl methyl sites for hydroxylation is 2. The number of imide groups is 1. The summed E-state index contributed by atoms with van der Waals surface area (Å²) < 4.78 is 6.85. The number of aromatic nitrogens is 3. The first-order valence-electron chi connectivity index (χ1n) is 10.0. The number of anilines is 1. The molecule has 0 radical (unpaired) electrons. The summed E-state index contributed by atoms with van der Waals surface area (Å²) in [6, 6.07) is 6.94. The van der Waals surface area contributed by atoms with E-state index < -0.39 is 11.6 Å². The normalized spacial score (nSPS) is 15.9. The molecule has 0 spiro atoms. The third-order valence-electron chi connectivity index (χ3n) is 5.72. The van der Waals surface area contributed by atoms with Gasteiger partial charge in [0.1, 0.15) is 11.3 Å². The minimum Gasteiger partial charge on any atom is -0.392 e. The number of hydrogen-bond acceptors (Lipinski definition) is 6. The summed E-state index contributed by atoms with van der Waals surface area (Å²) in [4.78, 5) is 29.1. The van der Waals surface area contributed by atoms with Gasteiger partial charge in [-0.3, -0.25) is 9.48 Å². The van der Waals surface area contributed by atoms with Gasteiger partial charge in [0.25, 0.3) is 5.91 Å². The molecule has 1 fully saturated rings. The van der Waals surface area contributed by atoms with Crippen LogP contribution in [0.15, 0.2) is 41.2 Å². The topological polar surface area (TPSA) is 105 Å². The van der Waals surface area contributed by atoms with Gasteiger partial charge >= 0.3 is 6.03 Å². The maximum atomic E-state index is 13.2. The molecule has 2 aromatic heterocycles. The molecule has 1 aliphatic rings. The average molecular weight is 423 g/mol. The van der Waals surface area contributed by atoms with Gasteiger partial charge in [-0.25, -0.2) is 9.69 Å². The molecule has 0 atom stereocenters. The molecule has 0 saturated carbocycles. The van der Waals surface area contributed by atoms with Crippen molar-refractivity contribution in [1.29, 1.82) is 0 Å². The molecule has 1 aromatic carbocycles. The molecule has 1 saturated heterocycles. The smallest absolute Gasteiger partial charge is 0.332 e. The van der Waals surface area contributed by atoms with Crippen molar-refractivity contribution in [1.82, 2.24) is 19.8 Å². The Bertz CT molecular complexity index is 1130. The van der Waals surface area contributed by atoms with Gasteiger partial charge in [0.05, 0.1) is 30.7 Å². The number of carbonyl (C=O) groups excluding carboxylic acids is 2. The molecule has 3 aromatic rings. The summed E-state index contributed by atoms with van der Waals surface area (Å²) >= 11 is 0. The zero-order chi connectivity index (χ0) is 22.3. The Balaban J connectivity index is 1.59. The predicted molar refractivity (Wildman–Crippen MR) is 112 cm³/mol. The molecule has 0 bridgehead atoms. The second-order valence-electron chi connectivity index (χ2n) is 8.25. The molecule has 162 valence electrons. The van der Waals surface area contributed by atoms with Crippen molar-refractivity contribution in [2.75, 3.05) is 4.90 Å². The van der Waals surface area contributed by atoms with E-state index in [2.05, 4.69) is 10.3 Å². The number of benzene rings is 1. The van der Waals surface area contributed by atoms with Crippen LogP contribution in [0.1, 0.15) is 42.0 Å². The molecule has 9 nitrogen and oxygen atoms in total. The lowest BCUT2D eigenvalue weighted by Gasteiger charge is -2.27. The number of carbonyl (C=O) groups is 2. The fourth-order valence-electron chi connectivity index (χ4n) is 3.78. The van der Waals surface area contributed by atoms with Crippen LogP contribution in [-0.2, 0) is 24.5 Å². The third-order valence-corrected chi connectivity index (χ3v) is 5.72. The summed E-state index contributed by atoms with van der Waals surface area (Å²) in [5.41, 5.74) is 2.69. The highest BCUT2D eigenvalue weighted by Gasteiger charge is 2.52. The van der Waals surface area contributed by atoms with Gasteiger partial charge in [-0.2, -0.15) is 5.10 Å². The Morgan fingerprint density at radius 1 is 1.13 bits per heavy atom. The first kappa shape index (κ1) is 20.8. The maximum absolute atomic E-state index is 13.2. The molecular weight excluding hydrogens is 398 g/mol. The Morgan fingerprint density at radius 2 is 1.87 bits per heavy atom. The van der Waals surface area contributed by atoms with E-state index in [9.17, 15) is 14.7 Å². The quantitative estimate of drug-likeness (QED) is 0.612. The van der Waals surface area contributed by atoms with Crippen LogP contribution in [0.3, 0.4) is 0 Å². The number of aliphatic hydroxyl groups is 1. The van der Waals surface area contributed by atoms with Crippen molar-refractivity contribution < 1.29 is 19.2 Å². The number of urea groups is 1. The molecule has 31 heavy (non-hydrogen) atoms. The number of amides is 3. The second kappa shape index (κ2) is 7.66. The summed E-state index contributed by atoms with van der Waals surface area (Å²) in [7, 11) is 0. The third kappa shape index (κ3) is 3.61. The van der Waals surface area contributed by atoms with E-state index in [1.54, 1.807) is 24.7 Å². The molecular formula is C22H25N5O4. The average Bonchev–Trinajstić information content (AvgIpc) is 3.37. The highest BCUT2D eigenvalue weighted by Crippen LogP contribution is 2.33. The van der Waals surface area contributed by atoms with E-state index in [1.165, 1.54) is 16.0 Å². The number of hydrogen-bond donors (Lipinski definition) is 1. The number of rotatable bonds is 6. The van der Waals surface area contributed by atoms with Crippen molar-refractivity contribution >= 4 is 17.6 Å². The summed E-state index contributed by atoms with van der Waals surface area (Å²) in [5.74, 6) is 0.396. The van der Waals surface area contributed by atoms with Crippen LogP contribution < -0.4 is 4.90 Å². The van der Waals surface area contributed by atoms with Gasteiger partial charge in [-0.05, 0) is 38.8 Å². The first-order chi connectivity index (χ1) is 14.7. The predicted octanol–water partition coefficient (Wildman–Crippen LogP) is 2.78. The van der Waals surface area contributed by atoms with Crippen molar-refractivity contribution in [2.45, 2.75) is 52.9 Å². The Hall–Kier alpha value is -3.46. The zero-order valence-electron chi connectivity index (χ0n) is 18.0. The lowest BCUT2D eigenvalue weighted by Crippen LogP contribution is -2.43. The van der Waals surface area contributed by atoms with E-state index in [-0.39, 0.29) is 19.1 Å². The van der Waals surface area contributed by atoms with Gasteiger partial charge in [0.2, 0.25) is 0 Å². The molecule has 0 aliphatic carbocycles. The van der Waals surface area contributed by atoms with Crippen LogP contribution in [-0.4, -0.2) is 42.4 Å². The van der Waals surface area contributed by atoms with Crippen LogP contribution in [0.4, 0.5) is 10.5 Å². The highest BCUT2D eigenvalue weighted by molar-refractivity contribution is 6.22. The van der Waals surface area contributed by atoms with Crippen molar-refractivity contribution in [3.63, 3.8) is 0 Å². The fourth-order valence-corrected chi connectivity index (χ4v) is 3.78. The van der Waals surface area contributed by atoms with Gasteiger partial charge in [-0.1, -0.05) is 29.4 Å². The minimum atomic E-state index is -1.02. The van der Waals surface area contributed by atoms with E-state index in [4.69, 9.17) is 4.52 Å². The summed E-state index contributed by atoms with van der Waals surface area (Å²) in [5, 5.41) is 17.6. The first-order valence-corrected chi connectivity index (χ1v) is 10.0. The lowest BCUT2D eigenvalue weighted by atomic mass is 10.0. The van der Waals surface area contributed by atoms with Crippen LogP contribution in [0.2, 0.25) is 0 Å². The maximum Gasteiger partial charge on any atom is 0.332 e. The van der Waals surface area contributed by atoms with E-state index in [0.29, 0.717) is 18.0 Å². The molecule has 3 amide bonds. The van der Waals surface area contributed by atoms with Gasteiger partial charge in [0, 0.05) is 18.3 Å². The second-order valence-corrected chi connectivity index (χ2v) is 8.25. The van der Waals surface area contributed by atoms with E-state index >= 15 is 0 Å². The van der Waals surface area contributed by atoms with Gasteiger partial charge in [0.15, 0.2) is 0 Å². The fraction of sp³-hybridized carbons (Fsp3) is 0.364. The largest absolute Gasteiger partial charge is 0.392 e. The van der Waals surface area contributed by atoms with Crippen LogP contribution in [0.25, 0.3) is 0 Å². The Kier molecular flexibility index (Phi) is 5.14. The number of nitrogens with zero attached hydrogens (tertiary/aromatic N) is 5. The Morgan fingerprint density at radius 3 is 2.55 bits per heavy atom. The van der Waals surface area contributed by atoms with Gasteiger partial charge < -0.3 is 14.5 Å². The minimum absolute atomic E-state index is 0.0828. The Labute approximate surface area is 179 Å². The van der Waals surface area contributed by atoms with Crippen LogP contribution in [0, 0.1) is 13.8 Å². The molecule has 4 rings (SSSR count). The van der Waals surface area contributed by atoms with Crippen molar-refractivity contribution in [2.24, 2.45) is 0 Å². The SMILES string of the molecule is Cc1noc(C)c1Cn1cc(N2C(=O)N(Cc3cccc(CO)c3)C(C)(C)C2=O)cn1. The molecule has 0 unspecified atom stereocenters.